The van der Waals surface area contributed by atoms with Gasteiger partial charge < -0.3 is 4.90 Å². The molecule has 2 atom stereocenters. The van der Waals surface area contributed by atoms with E-state index in [9.17, 15) is 4.79 Å². The third-order valence-corrected chi connectivity index (χ3v) is 5.23. The minimum absolute atomic E-state index is 0.235. The van der Waals surface area contributed by atoms with Crippen LogP contribution in [0.3, 0.4) is 0 Å². The molecule has 1 fully saturated rings. The van der Waals surface area contributed by atoms with Gasteiger partial charge in [-0.05, 0) is 30.4 Å². The van der Waals surface area contributed by atoms with E-state index in [1.54, 1.807) is 13.2 Å². The van der Waals surface area contributed by atoms with Crippen molar-refractivity contribution in [3.05, 3.63) is 63.5 Å². The van der Waals surface area contributed by atoms with Gasteiger partial charge in [-0.2, -0.15) is 5.10 Å². The molecular weight excluding hydrogens is 310 g/mol. The van der Waals surface area contributed by atoms with Gasteiger partial charge in [-0.3, -0.25) is 4.79 Å². The summed E-state index contributed by atoms with van der Waals surface area (Å²) >= 11 is 6.31. The third-order valence-electron chi connectivity index (χ3n) is 4.88. The van der Waals surface area contributed by atoms with Crippen molar-refractivity contribution in [3.63, 3.8) is 0 Å². The molecule has 2 aromatic rings. The van der Waals surface area contributed by atoms with E-state index < -0.39 is 0 Å². The van der Waals surface area contributed by atoms with Gasteiger partial charge >= 0.3 is 0 Å². The predicted molar refractivity (Wildman–Crippen MR) is 92.8 cm³/mol. The molecule has 4 nitrogen and oxygen atoms in total. The van der Waals surface area contributed by atoms with E-state index >= 15 is 0 Å². The van der Waals surface area contributed by atoms with Crippen molar-refractivity contribution in [2.75, 3.05) is 4.90 Å². The minimum Gasteiger partial charge on any atom is -0.359 e. The van der Waals surface area contributed by atoms with Crippen LogP contribution in [0, 0.1) is 0 Å². The van der Waals surface area contributed by atoms with Crippen molar-refractivity contribution in [3.8, 4) is 0 Å². The minimum atomic E-state index is -0.235. The van der Waals surface area contributed by atoms with Crippen LogP contribution in [0.4, 0.5) is 5.69 Å². The molecule has 0 spiro atoms. The maximum Gasteiger partial charge on any atom is 0.287 e. The molecule has 3 heterocycles. The number of halogens is 1. The number of hydrogen-bond donors (Lipinski definition) is 0. The number of rotatable bonds is 2. The molecule has 4 rings (SSSR count). The van der Waals surface area contributed by atoms with Crippen molar-refractivity contribution in [1.29, 1.82) is 0 Å². The summed E-state index contributed by atoms with van der Waals surface area (Å²) in [4.78, 5) is 14.4. The van der Waals surface area contributed by atoms with E-state index in [4.69, 9.17) is 11.6 Å². The zero-order valence-electron chi connectivity index (χ0n) is 12.9. The van der Waals surface area contributed by atoms with E-state index in [2.05, 4.69) is 40.3 Å². The Morgan fingerprint density at radius 2 is 2.00 bits per heavy atom. The monoisotopic (exact) mass is 327 g/mol. The van der Waals surface area contributed by atoms with Crippen LogP contribution in [0.15, 0.2) is 47.4 Å². The fraction of sp³-hybridized carbons (Fsp3) is 0.333. The standard InChI is InChI=1S/C18H18ClN3O/c1-21-18(23)17(19)16(11-20-21)22-14-7-8-15(22)10-13(9-14)12-5-3-2-4-6-12/h2-6,9,11,14-15H,7-8,10H2,1H3. The third kappa shape index (κ3) is 2.38. The molecule has 0 radical (unpaired) electrons. The SMILES string of the molecule is Cn1ncc(N2C3C=C(c4ccccc4)CC2CC3)c(Cl)c1=O. The summed E-state index contributed by atoms with van der Waals surface area (Å²) in [5, 5.41) is 4.42. The zero-order valence-corrected chi connectivity index (χ0v) is 13.7. The van der Waals surface area contributed by atoms with E-state index in [0.29, 0.717) is 6.04 Å². The molecule has 118 valence electrons. The number of nitrogens with zero attached hydrogens (tertiary/aromatic N) is 3. The van der Waals surface area contributed by atoms with Crippen molar-refractivity contribution < 1.29 is 0 Å². The van der Waals surface area contributed by atoms with Gasteiger partial charge in [0.15, 0.2) is 0 Å². The van der Waals surface area contributed by atoms with Gasteiger partial charge in [-0.25, -0.2) is 4.68 Å². The van der Waals surface area contributed by atoms with Gasteiger partial charge in [-0.1, -0.05) is 48.0 Å². The molecule has 1 aromatic carbocycles. The second-order valence-electron chi connectivity index (χ2n) is 6.24. The molecule has 1 saturated heterocycles. The number of aryl methyl sites for hydroxylation is 1. The lowest BCUT2D eigenvalue weighted by Crippen LogP contribution is -2.40. The molecule has 0 saturated carbocycles. The summed E-state index contributed by atoms with van der Waals surface area (Å²) in [7, 11) is 1.62. The topological polar surface area (TPSA) is 38.1 Å². The Bertz CT molecular complexity index is 828. The first-order chi connectivity index (χ1) is 11.1. The molecule has 2 bridgehead atoms. The molecule has 0 N–H and O–H groups in total. The summed E-state index contributed by atoms with van der Waals surface area (Å²) < 4.78 is 1.28. The quantitative estimate of drug-likeness (QED) is 0.849. The second kappa shape index (κ2) is 5.53. The molecule has 2 unspecified atom stereocenters. The first kappa shape index (κ1) is 14.5. The highest BCUT2D eigenvalue weighted by atomic mass is 35.5. The summed E-state index contributed by atoms with van der Waals surface area (Å²) in [6, 6.07) is 11.2. The van der Waals surface area contributed by atoms with Crippen LogP contribution >= 0.6 is 11.6 Å². The highest BCUT2D eigenvalue weighted by Gasteiger charge is 2.38. The van der Waals surface area contributed by atoms with Crippen LogP contribution in [-0.2, 0) is 7.05 Å². The van der Waals surface area contributed by atoms with Crippen molar-refractivity contribution >= 4 is 22.9 Å². The highest BCUT2D eigenvalue weighted by Crippen LogP contribution is 2.42. The van der Waals surface area contributed by atoms with Gasteiger partial charge in [0.05, 0.1) is 11.9 Å². The van der Waals surface area contributed by atoms with E-state index in [-0.39, 0.29) is 16.6 Å². The van der Waals surface area contributed by atoms with Crippen LogP contribution in [0.25, 0.3) is 5.57 Å². The van der Waals surface area contributed by atoms with Gasteiger partial charge in [0.2, 0.25) is 0 Å². The fourth-order valence-corrected chi connectivity index (χ4v) is 4.02. The summed E-state index contributed by atoms with van der Waals surface area (Å²) in [5.41, 5.74) is 3.21. The van der Waals surface area contributed by atoms with E-state index in [0.717, 1.165) is 24.9 Å². The number of aromatic nitrogens is 2. The predicted octanol–water partition coefficient (Wildman–Crippen LogP) is 3.26. The van der Waals surface area contributed by atoms with Crippen LogP contribution in [0.2, 0.25) is 5.02 Å². The van der Waals surface area contributed by atoms with Crippen molar-refractivity contribution in [1.82, 2.24) is 9.78 Å². The van der Waals surface area contributed by atoms with E-state index in [1.807, 2.05) is 6.07 Å². The number of anilines is 1. The molecule has 2 aliphatic rings. The lowest BCUT2D eigenvalue weighted by Gasteiger charge is -2.36. The van der Waals surface area contributed by atoms with Gasteiger partial charge in [0, 0.05) is 19.1 Å². The average molecular weight is 328 g/mol. The van der Waals surface area contributed by atoms with Crippen molar-refractivity contribution in [2.24, 2.45) is 7.05 Å². The fourth-order valence-electron chi connectivity index (χ4n) is 3.75. The molecule has 23 heavy (non-hydrogen) atoms. The van der Waals surface area contributed by atoms with E-state index in [1.165, 1.54) is 15.8 Å². The van der Waals surface area contributed by atoms with Gasteiger partial charge in [-0.15, -0.1) is 0 Å². The van der Waals surface area contributed by atoms with Crippen LogP contribution in [0.1, 0.15) is 24.8 Å². The Balaban J connectivity index is 1.73. The average Bonchev–Trinajstić information content (AvgIpc) is 2.83. The lowest BCUT2D eigenvalue weighted by molar-refractivity contribution is 0.645. The number of fused-ring (bicyclic) bond motifs is 2. The number of hydrogen-bond acceptors (Lipinski definition) is 3. The Hall–Kier alpha value is -2.07. The maximum atomic E-state index is 12.1. The normalized spacial score (nSPS) is 23.0. The summed E-state index contributed by atoms with van der Waals surface area (Å²) in [5.74, 6) is 0. The van der Waals surface area contributed by atoms with Gasteiger partial charge in [0.1, 0.15) is 5.02 Å². The Morgan fingerprint density at radius 3 is 2.74 bits per heavy atom. The summed E-state index contributed by atoms with van der Waals surface area (Å²) in [6.45, 7) is 0. The van der Waals surface area contributed by atoms with Crippen LogP contribution < -0.4 is 10.5 Å². The Labute approximate surface area is 140 Å². The van der Waals surface area contributed by atoms with Gasteiger partial charge in [0.25, 0.3) is 5.56 Å². The molecule has 0 amide bonds. The second-order valence-corrected chi connectivity index (χ2v) is 6.62. The maximum absolute atomic E-state index is 12.1. The van der Waals surface area contributed by atoms with Crippen LogP contribution in [0.5, 0.6) is 0 Å². The molecule has 0 aliphatic carbocycles. The smallest absolute Gasteiger partial charge is 0.287 e. The first-order valence-electron chi connectivity index (χ1n) is 7.91. The zero-order chi connectivity index (χ0) is 16.0. The molecule has 1 aromatic heterocycles. The highest BCUT2D eigenvalue weighted by molar-refractivity contribution is 6.33. The molecular formula is C18H18ClN3O. The molecule has 2 aliphatic heterocycles. The lowest BCUT2D eigenvalue weighted by atomic mass is 9.94. The van der Waals surface area contributed by atoms with Crippen LogP contribution in [-0.4, -0.2) is 21.9 Å². The largest absolute Gasteiger partial charge is 0.359 e. The Kier molecular flexibility index (Phi) is 3.49. The van der Waals surface area contributed by atoms with Crippen molar-refractivity contribution in [2.45, 2.75) is 31.3 Å². The number of benzene rings is 1. The molecule has 5 heteroatoms. The first-order valence-corrected chi connectivity index (χ1v) is 8.29. The Morgan fingerprint density at radius 1 is 1.22 bits per heavy atom. The summed E-state index contributed by atoms with van der Waals surface area (Å²) in [6.07, 6.45) is 7.23.